The van der Waals surface area contributed by atoms with Gasteiger partial charge in [0.05, 0.1) is 18.0 Å². The van der Waals surface area contributed by atoms with Crippen LogP contribution in [0.15, 0.2) is 65.8 Å². The normalized spacial score (nSPS) is 17.9. The molecule has 7 heteroatoms. The first-order valence-electron chi connectivity index (χ1n) is 9.78. The largest absolute Gasteiger partial charge is 0.447 e. The molecule has 0 aromatic heterocycles. The molecule has 1 aliphatic heterocycles. The predicted octanol–water partition coefficient (Wildman–Crippen LogP) is 5.04. The maximum Gasteiger partial charge on any atom is 0.416 e. The summed E-state index contributed by atoms with van der Waals surface area (Å²) in [4.78, 5) is 30.1. The van der Waals surface area contributed by atoms with E-state index < -0.39 is 18.1 Å². The highest BCUT2D eigenvalue weighted by atomic mass is 16.6. The van der Waals surface area contributed by atoms with Gasteiger partial charge >= 0.3 is 6.09 Å². The minimum Gasteiger partial charge on any atom is -0.447 e. The Morgan fingerprint density at radius 3 is 2.48 bits per heavy atom. The van der Waals surface area contributed by atoms with Crippen molar-refractivity contribution in [2.45, 2.75) is 38.3 Å². The van der Waals surface area contributed by atoms with Crippen LogP contribution in [0.4, 0.5) is 4.79 Å². The topological polar surface area (TPSA) is 95.4 Å². The van der Waals surface area contributed by atoms with Gasteiger partial charge < -0.3 is 4.74 Å². The zero-order valence-corrected chi connectivity index (χ0v) is 16.3. The van der Waals surface area contributed by atoms with Crippen LogP contribution in [0, 0.1) is 5.92 Å². The lowest BCUT2D eigenvalue weighted by Crippen LogP contribution is -2.44. The molecule has 2 aromatic carbocycles. The lowest BCUT2D eigenvalue weighted by Gasteiger charge is -2.28. The fourth-order valence-electron chi connectivity index (χ4n) is 3.76. The Morgan fingerprint density at radius 1 is 1.21 bits per heavy atom. The van der Waals surface area contributed by atoms with Crippen molar-refractivity contribution in [1.82, 2.24) is 4.90 Å². The molecule has 0 N–H and O–H groups in total. The zero-order valence-electron chi connectivity index (χ0n) is 16.3. The maximum atomic E-state index is 13.5. The van der Waals surface area contributed by atoms with E-state index in [9.17, 15) is 9.59 Å². The van der Waals surface area contributed by atoms with E-state index in [-0.39, 0.29) is 18.6 Å². The van der Waals surface area contributed by atoms with Crippen LogP contribution in [-0.4, -0.2) is 29.5 Å². The Balaban J connectivity index is 1.89. The first kappa shape index (κ1) is 20.4. The Morgan fingerprint density at radius 2 is 1.86 bits per heavy atom. The van der Waals surface area contributed by atoms with Crippen LogP contribution in [0.1, 0.15) is 36.9 Å². The van der Waals surface area contributed by atoms with Crippen LogP contribution in [-0.2, 0) is 16.0 Å². The molecule has 1 aliphatic rings. The van der Waals surface area contributed by atoms with Gasteiger partial charge in [-0.25, -0.2) is 9.69 Å². The second-order valence-electron chi connectivity index (χ2n) is 7.08. The molecule has 2 aromatic rings. The Hall–Kier alpha value is -3.31. The number of carbonyl (C=O) groups is 2. The highest BCUT2D eigenvalue weighted by molar-refractivity contribution is 5.95. The molecule has 0 unspecified atom stereocenters. The summed E-state index contributed by atoms with van der Waals surface area (Å²) in [7, 11) is 0. The lowest BCUT2D eigenvalue weighted by molar-refractivity contribution is -0.134. The van der Waals surface area contributed by atoms with Gasteiger partial charge in [-0.15, -0.1) is 0 Å². The summed E-state index contributed by atoms with van der Waals surface area (Å²) in [6, 6.07) is 17.8. The van der Waals surface area contributed by atoms with Crippen LogP contribution in [0.2, 0.25) is 0 Å². The molecule has 0 aliphatic carbocycles. The van der Waals surface area contributed by atoms with Gasteiger partial charge in [-0.2, -0.15) is 0 Å². The molecule has 0 bridgehead atoms. The van der Waals surface area contributed by atoms with Gasteiger partial charge in [-0.05, 0) is 29.5 Å². The van der Waals surface area contributed by atoms with Gasteiger partial charge in [-0.1, -0.05) is 79.1 Å². The van der Waals surface area contributed by atoms with Crippen molar-refractivity contribution in [3.63, 3.8) is 0 Å². The van der Waals surface area contributed by atoms with Gasteiger partial charge in [0.15, 0.2) is 0 Å². The molecular formula is C22H24N4O3. The number of rotatable bonds is 8. The van der Waals surface area contributed by atoms with E-state index in [1.54, 1.807) is 0 Å². The smallest absolute Gasteiger partial charge is 0.416 e. The predicted molar refractivity (Wildman–Crippen MR) is 109 cm³/mol. The van der Waals surface area contributed by atoms with Crippen molar-refractivity contribution in [3.8, 4) is 0 Å². The van der Waals surface area contributed by atoms with Crippen LogP contribution in [0.3, 0.4) is 0 Å². The number of hydrogen-bond donors (Lipinski definition) is 0. The van der Waals surface area contributed by atoms with Crippen LogP contribution < -0.4 is 0 Å². The highest BCUT2D eigenvalue weighted by Gasteiger charge is 2.42. The molecule has 3 atom stereocenters. The molecular weight excluding hydrogens is 368 g/mol. The van der Waals surface area contributed by atoms with E-state index in [1.165, 1.54) is 4.90 Å². The van der Waals surface area contributed by atoms with Crippen LogP contribution in [0.25, 0.3) is 10.4 Å². The van der Waals surface area contributed by atoms with Gasteiger partial charge in [-0.3, -0.25) is 4.79 Å². The first-order valence-corrected chi connectivity index (χ1v) is 9.78. The summed E-state index contributed by atoms with van der Waals surface area (Å²) in [5, 5.41) is 3.92. The highest BCUT2D eigenvalue weighted by Crippen LogP contribution is 2.33. The lowest BCUT2D eigenvalue weighted by atomic mass is 9.88. The van der Waals surface area contributed by atoms with Crippen molar-refractivity contribution in [3.05, 3.63) is 82.2 Å². The van der Waals surface area contributed by atoms with Crippen LogP contribution >= 0.6 is 0 Å². The molecule has 1 fully saturated rings. The van der Waals surface area contributed by atoms with E-state index in [1.807, 2.05) is 67.6 Å². The molecule has 3 rings (SSSR count). The minimum absolute atomic E-state index is 0.163. The first-order chi connectivity index (χ1) is 14.2. The third kappa shape index (κ3) is 4.76. The summed E-state index contributed by atoms with van der Waals surface area (Å²) in [6.45, 7) is 2.12. The monoisotopic (exact) mass is 392 g/mol. The molecule has 2 amide bonds. The zero-order chi connectivity index (χ0) is 20.6. The molecule has 0 saturated carbocycles. The number of ether oxygens (including phenoxy) is 1. The summed E-state index contributed by atoms with van der Waals surface area (Å²) in [6.07, 6.45) is 1.10. The summed E-state index contributed by atoms with van der Waals surface area (Å²) >= 11 is 0. The number of amides is 2. The number of imide groups is 1. The van der Waals surface area contributed by atoms with E-state index in [2.05, 4.69) is 10.0 Å². The number of carbonyl (C=O) groups excluding carboxylic acids is 2. The fraction of sp³-hybridized carbons (Fsp3) is 0.364. The average molecular weight is 392 g/mol. The summed E-state index contributed by atoms with van der Waals surface area (Å²) in [5.74, 6) is -0.987. The second-order valence-corrected chi connectivity index (χ2v) is 7.08. The standard InChI is InChI=1S/C22H24N4O3/c1-2-9-19(20(24-25-23)17-12-7-4-8-13-17)21(27)26-18(15-29-22(26)28)14-16-10-5-3-6-11-16/h3-8,10-13,18-20H,2,9,14-15H2,1H3/t18-,19+,20-/m0/s1. The quantitative estimate of drug-likeness (QED) is 0.357. The average Bonchev–Trinajstić information content (AvgIpc) is 3.11. The van der Waals surface area contributed by atoms with Gasteiger partial charge in [0.1, 0.15) is 6.61 Å². The number of azide groups is 1. The summed E-state index contributed by atoms with van der Waals surface area (Å²) < 4.78 is 5.21. The van der Waals surface area contributed by atoms with E-state index in [0.717, 1.165) is 11.1 Å². The van der Waals surface area contributed by atoms with E-state index in [0.29, 0.717) is 19.3 Å². The van der Waals surface area contributed by atoms with Crippen molar-refractivity contribution in [2.24, 2.45) is 11.0 Å². The SMILES string of the molecule is CCC[C@@H](C(=O)N1C(=O)OC[C@@H]1Cc1ccccc1)[C@@H](N=[N+]=[N-])c1ccccc1. The number of benzene rings is 2. The molecule has 150 valence electrons. The van der Waals surface area contributed by atoms with Crippen LogP contribution in [0.5, 0.6) is 0 Å². The molecule has 0 radical (unpaired) electrons. The van der Waals surface area contributed by atoms with Gasteiger partial charge in [0.2, 0.25) is 5.91 Å². The number of nitrogens with zero attached hydrogens (tertiary/aromatic N) is 4. The molecule has 0 spiro atoms. The van der Waals surface area contributed by atoms with E-state index >= 15 is 0 Å². The molecule has 29 heavy (non-hydrogen) atoms. The third-order valence-corrected chi connectivity index (χ3v) is 5.13. The maximum absolute atomic E-state index is 13.5. The van der Waals surface area contributed by atoms with Crippen molar-refractivity contribution in [2.75, 3.05) is 6.61 Å². The molecule has 1 saturated heterocycles. The van der Waals surface area contributed by atoms with Crippen molar-refractivity contribution >= 4 is 12.0 Å². The van der Waals surface area contributed by atoms with E-state index in [4.69, 9.17) is 10.3 Å². The number of hydrogen-bond acceptors (Lipinski definition) is 4. The van der Waals surface area contributed by atoms with Crippen molar-refractivity contribution in [1.29, 1.82) is 0 Å². The Labute approximate surface area is 169 Å². The number of cyclic esters (lactones) is 1. The second kappa shape index (κ2) is 9.75. The minimum atomic E-state index is -0.681. The molecule has 7 nitrogen and oxygen atoms in total. The third-order valence-electron chi connectivity index (χ3n) is 5.13. The molecule has 1 heterocycles. The van der Waals surface area contributed by atoms with Gasteiger partial charge in [0, 0.05) is 4.91 Å². The van der Waals surface area contributed by atoms with Gasteiger partial charge in [0.25, 0.3) is 0 Å². The summed E-state index contributed by atoms with van der Waals surface area (Å²) in [5.41, 5.74) is 10.9. The Kier molecular flexibility index (Phi) is 6.87. The Bertz CT molecular complexity index is 881. The fourth-order valence-corrected chi connectivity index (χ4v) is 3.76. The van der Waals surface area contributed by atoms with Crippen molar-refractivity contribution < 1.29 is 14.3 Å².